The van der Waals surface area contributed by atoms with Crippen LogP contribution in [0.25, 0.3) is 0 Å². The Kier molecular flexibility index (Phi) is 8.63. The predicted molar refractivity (Wildman–Crippen MR) is 146 cm³/mol. The van der Waals surface area contributed by atoms with Gasteiger partial charge in [0.15, 0.2) is 11.8 Å². The van der Waals surface area contributed by atoms with E-state index in [9.17, 15) is 19.2 Å². The third-order valence-electron chi connectivity index (χ3n) is 6.21. The van der Waals surface area contributed by atoms with Crippen LogP contribution in [0.15, 0.2) is 72.8 Å². The molecule has 3 aromatic rings. The zero-order valence-corrected chi connectivity index (χ0v) is 22.5. The number of ketones is 1. The molecule has 1 saturated heterocycles. The second-order valence-electron chi connectivity index (χ2n) is 8.88. The van der Waals surface area contributed by atoms with Crippen molar-refractivity contribution < 1.29 is 28.7 Å². The summed E-state index contributed by atoms with van der Waals surface area (Å²) in [7, 11) is 1.48. The molecule has 10 heteroatoms. The Bertz CT molecular complexity index is 1380. The van der Waals surface area contributed by atoms with Gasteiger partial charge in [-0.1, -0.05) is 48.0 Å². The molecule has 2 atom stereocenters. The fourth-order valence-electron chi connectivity index (χ4n) is 4.28. The number of halogens is 1. The molecule has 9 nitrogen and oxygen atoms in total. The maximum Gasteiger partial charge on any atom is 0.330 e. The average molecular weight is 550 g/mol. The molecule has 0 bridgehead atoms. The van der Waals surface area contributed by atoms with Crippen LogP contribution in [0.3, 0.4) is 0 Å². The maximum absolute atomic E-state index is 13.8. The predicted octanol–water partition coefficient (Wildman–Crippen LogP) is 4.67. The lowest BCUT2D eigenvalue weighted by Crippen LogP contribution is -2.52. The summed E-state index contributed by atoms with van der Waals surface area (Å²) >= 11 is 6.28. The largest absolute Gasteiger partial charge is 0.497 e. The van der Waals surface area contributed by atoms with Gasteiger partial charge in [-0.05, 0) is 61.4 Å². The molecule has 1 aliphatic rings. The van der Waals surface area contributed by atoms with E-state index in [-0.39, 0.29) is 29.4 Å². The SMILES string of the molecule is CCOC1C(=O)N(C(C(=O)Nc2cc(C)ccc2Cl)C(=O)c2ccc(OC)cc2)C(=O)N1Cc1ccccc1. The summed E-state index contributed by atoms with van der Waals surface area (Å²) in [5, 5.41) is 2.87. The van der Waals surface area contributed by atoms with E-state index in [1.807, 2.05) is 13.0 Å². The first-order valence-electron chi connectivity index (χ1n) is 12.3. The van der Waals surface area contributed by atoms with Gasteiger partial charge in [0.2, 0.25) is 6.23 Å². The Labute approximate surface area is 231 Å². The van der Waals surface area contributed by atoms with Crippen molar-refractivity contribution in [1.29, 1.82) is 0 Å². The zero-order chi connectivity index (χ0) is 28.1. The van der Waals surface area contributed by atoms with Gasteiger partial charge in [0.25, 0.3) is 11.8 Å². The highest BCUT2D eigenvalue weighted by Crippen LogP contribution is 2.28. The Morgan fingerprint density at radius 1 is 1.03 bits per heavy atom. The standard InChI is InChI=1S/C29H28ClN3O6/c1-4-39-28-27(36)33(29(37)32(28)17-19-8-6-5-7-9-19)24(25(34)20-11-13-21(38-3)14-12-20)26(35)31-23-16-18(2)10-15-22(23)30/h5-16,24,28H,4,17H2,1-3H3,(H,31,35). The van der Waals surface area contributed by atoms with Crippen molar-refractivity contribution in [3.63, 3.8) is 0 Å². The minimum absolute atomic E-state index is 0.0430. The molecule has 39 heavy (non-hydrogen) atoms. The minimum atomic E-state index is -1.82. The van der Waals surface area contributed by atoms with Crippen LogP contribution in [0.2, 0.25) is 5.02 Å². The van der Waals surface area contributed by atoms with Crippen molar-refractivity contribution in [2.75, 3.05) is 19.0 Å². The lowest BCUT2D eigenvalue weighted by molar-refractivity contribution is -0.144. The summed E-state index contributed by atoms with van der Waals surface area (Å²) in [5.41, 5.74) is 1.92. The van der Waals surface area contributed by atoms with Crippen molar-refractivity contribution in [2.24, 2.45) is 0 Å². The molecule has 1 aliphatic heterocycles. The smallest absolute Gasteiger partial charge is 0.330 e. The molecule has 0 saturated carbocycles. The lowest BCUT2D eigenvalue weighted by Gasteiger charge is -2.25. The molecule has 0 aromatic heterocycles. The van der Waals surface area contributed by atoms with E-state index in [1.54, 1.807) is 61.5 Å². The van der Waals surface area contributed by atoms with Gasteiger partial charge in [-0.2, -0.15) is 0 Å². The first-order chi connectivity index (χ1) is 18.7. The molecule has 0 aliphatic carbocycles. The lowest BCUT2D eigenvalue weighted by atomic mass is 10.0. The number of nitrogens with one attached hydrogen (secondary N) is 1. The van der Waals surface area contributed by atoms with Gasteiger partial charge in [-0.25, -0.2) is 9.69 Å². The topological polar surface area (TPSA) is 105 Å². The summed E-state index contributed by atoms with van der Waals surface area (Å²) in [6, 6.07) is 17.4. The highest BCUT2D eigenvalue weighted by Gasteiger charge is 2.52. The number of Topliss-reactive ketones (excluding diaryl/α,β-unsaturated/α-hetero) is 1. The van der Waals surface area contributed by atoms with Crippen LogP contribution in [-0.2, 0) is 20.9 Å². The third-order valence-corrected chi connectivity index (χ3v) is 6.54. The zero-order valence-electron chi connectivity index (χ0n) is 21.7. The van der Waals surface area contributed by atoms with E-state index in [2.05, 4.69) is 5.32 Å². The van der Waals surface area contributed by atoms with E-state index >= 15 is 0 Å². The Hall–Kier alpha value is -4.21. The number of ether oxygens (including phenoxy) is 2. The van der Waals surface area contributed by atoms with Crippen molar-refractivity contribution in [2.45, 2.75) is 32.7 Å². The first kappa shape index (κ1) is 27.8. The van der Waals surface area contributed by atoms with E-state index in [0.717, 1.165) is 11.1 Å². The minimum Gasteiger partial charge on any atom is -0.497 e. The van der Waals surface area contributed by atoms with Crippen LogP contribution < -0.4 is 10.1 Å². The van der Waals surface area contributed by atoms with E-state index in [1.165, 1.54) is 24.1 Å². The van der Waals surface area contributed by atoms with Crippen LogP contribution in [0.4, 0.5) is 10.5 Å². The molecule has 4 rings (SSSR count). The van der Waals surface area contributed by atoms with Crippen molar-refractivity contribution in [1.82, 2.24) is 9.80 Å². The molecule has 1 fully saturated rings. The number of amides is 4. The third kappa shape index (κ3) is 5.94. The fourth-order valence-corrected chi connectivity index (χ4v) is 4.44. The molecule has 1 heterocycles. The van der Waals surface area contributed by atoms with Gasteiger partial charge < -0.3 is 14.8 Å². The Morgan fingerprint density at radius 3 is 2.36 bits per heavy atom. The van der Waals surface area contributed by atoms with E-state index in [4.69, 9.17) is 21.1 Å². The van der Waals surface area contributed by atoms with Crippen LogP contribution in [-0.4, -0.2) is 59.4 Å². The number of hydrogen-bond acceptors (Lipinski definition) is 6. The van der Waals surface area contributed by atoms with Crippen LogP contribution in [0.1, 0.15) is 28.4 Å². The Balaban J connectivity index is 1.75. The molecule has 1 N–H and O–H groups in total. The van der Waals surface area contributed by atoms with Gasteiger partial charge in [-0.15, -0.1) is 0 Å². The van der Waals surface area contributed by atoms with Gasteiger partial charge in [0, 0.05) is 12.2 Å². The number of carbonyl (C=O) groups excluding carboxylic acids is 4. The molecule has 3 aromatic carbocycles. The number of anilines is 1. The number of carbonyl (C=O) groups is 4. The van der Waals surface area contributed by atoms with Gasteiger partial charge in [0.1, 0.15) is 5.75 Å². The van der Waals surface area contributed by atoms with Crippen molar-refractivity contribution in [3.05, 3.63) is 94.5 Å². The number of aryl methyl sites for hydroxylation is 1. The number of benzene rings is 3. The molecule has 0 radical (unpaired) electrons. The Morgan fingerprint density at radius 2 is 1.72 bits per heavy atom. The van der Waals surface area contributed by atoms with E-state index < -0.39 is 35.9 Å². The highest BCUT2D eigenvalue weighted by molar-refractivity contribution is 6.34. The number of rotatable bonds is 10. The normalized spacial score (nSPS) is 15.8. The number of nitrogens with zero attached hydrogens (tertiary/aromatic N) is 2. The molecule has 0 spiro atoms. The monoisotopic (exact) mass is 549 g/mol. The van der Waals surface area contributed by atoms with E-state index in [0.29, 0.717) is 10.6 Å². The summed E-state index contributed by atoms with van der Waals surface area (Å²) in [6.45, 7) is 3.67. The van der Waals surface area contributed by atoms with Crippen LogP contribution in [0, 0.1) is 6.92 Å². The summed E-state index contributed by atoms with van der Waals surface area (Å²) in [6.07, 6.45) is -1.30. The number of imide groups is 1. The fraction of sp³-hybridized carbons (Fsp3) is 0.241. The van der Waals surface area contributed by atoms with Gasteiger partial charge in [-0.3, -0.25) is 19.3 Å². The number of urea groups is 1. The molecule has 2 unspecified atom stereocenters. The second kappa shape index (κ2) is 12.1. The van der Waals surface area contributed by atoms with Crippen LogP contribution >= 0.6 is 11.6 Å². The quantitative estimate of drug-likeness (QED) is 0.224. The summed E-state index contributed by atoms with van der Waals surface area (Å²) in [5.74, 6) is -1.95. The maximum atomic E-state index is 13.8. The second-order valence-corrected chi connectivity index (χ2v) is 9.29. The first-order valence-corrected chi connectivity index (χ1v) is 12.7. The molecule has 4 amide bonds. The number of methoxy groups -OCH3 is 1. The van der Waals surface area contributed by atoms with Gasteiger partial charge >= 0.3 is 6.03 Å². The van der Waals surface area contributed by atoms with Gasteiger partial charge in [0.05, 0.1) is 24.4 Å². The molecule has 202 valence electrons. The highest BCUT2D eigenvalue weighted by atomic mass is 35.5. The summed E-state index contributed by atoms with van der Waals surface area (Å²) < 4.78 is 10.8. The van der Waals surface area contributed by atoms with Crippen molar-refractivity contribution >= 4 is 40.9 Å². The number of hydrogen-bond donors (Lipinski definition) is 1. The molecular weight excluding hydrogens is 522 g/mol. The van der Waals surface area contributed by atoms with Crippen LogP contribution in [0.5, 0.6) is 5.75 Å². The average Bonchev–Trinajstić information content (AvgIpc) is 3.16. The summed E-state index contributed by atoms with van der Waals surface area (Å²) in [4.78, 5) is 56.7. The molecular formula is C29H28ClN3O6. The van der Waals surface area contributed by atoms with Crippen molar-refractivity contribution in [3.8, 4) is 5.75 Å².